The van der Waals surface area contributed by atoms with Gasteiger partial charge in [0.05, 0.1) is 7.11 Å². The average Bonchev–Trinajstić information content (AvgIpc) is 2.38. The highest BCUT2D eigenvalue weighted by Crippen LogP contribution is 2.18. The topological polar surface area (TPSA) is 43.4 Å². The number of esters is 1. The second-order valence-electron chi connectivity index (χ2n) is 4.46. The molecule has 0 amide bonds. The lowest BCUT2D eigenvalue weighted by molar-refractivity contribution is -0.143. The zero-order chi connectivity index (χ0) is 14.4. The molecule has 0 aliphatic heterocycles. The lowest BCUT2D eigenvalue weighted by atomic mass is 9.94. The van der Waals surface area contributed by atoms with Gasteiger partial charge < -0.3 is 4.74 Å². The van der Waals surface area contributed by atoms with Crippen molar-refractivity contribution in [3.05, 3.63) is 46.0 Å². The predicted octanol–water partition coefficient (Wildman–Crippen LogP) is 3.78. The number of carbonyl (C=O) groups excluding carboxylic acids is 2. The van der Waals surface area contributed by atoms with Gasteiger partial charge in [0, 0.05) is 10.0 Å². The molecule has 0 N–H and O–H groups in total. The second kappa shape index (κ2) is 7.24. The molecule has 1 aromatic rings. The number of ether oxygens (including phenoxy) is 1. The summed E-state index contributed by atoms with van der Waals surface area (Å²) in [6, 6.07) is 6.96. The molecule has 0 bridgehead atoms. The molecule has 102 valence electrons. The minimum absolute atomic E-state index is 0.211. The summed E-state index contributed by atoms with van der Waals surface area (Å²) in [6.07, 6.45) is 2.24. The minimum Gasteiger partial charge on any atom is -0.468 e. The van der Waals surface area contributed by atoms with Crippen molar-refractivity contribution < 1.29 is 14.3 Å². The van der Waals surface area contributed by atoms with Crippen LogP contribution in [0.5, 0.6) is 0 Å². The second-order valence-corrected chi connectivity index (χ2v) is 5.38. The molecular formula is C15H17BrO3. The average molecular weight is 325 g/mol. The molecule has 1 unspecified atom stereocenters. The number of benzene rings is 1. The Labute approximate surface area is 121 Å². The highest BCUT2D eigenvalue weighted by molar-refractivity contribution is 9.10. The van der Waals surface area contributed by atoms with Gasteiger partial charge >= 0.3 is 5.97 Å². The molecule has 0 aliphatic carbocycles. The Kier molecular flexibility index (Phi) is 5.96. The van der Waals surface area contributed by atoms with Crippen LogP contribution in [0.1, 0.15) is 30.6 Å². The fourth-order valence-corrected chi connectivity index (χ4v) is 1.89. The van der Waals surface area contributed by atoms with Crippen molar-refractivity contribution in [2.24, 2.45) is 5.92 Å². The van der Waals surface area contributed by atoms with Crippen LogP contribution in [0.3, 0.4) is 0 Å². The number of rotatable bonds is 5. The molecular weight excluding hydrogens is 308 g/mol. The summed E-state index contributed by atoms with van der Waals surface area (Å²) in [5, 5.41) is 0. The fourth-order valence-electron chi connectivity index (χ4n) is 1.62. The van der Waals surface area contributed by atoms with Gasteiger partial charge in [-0.05, 0) is 32.4 Å². The molecule has 0 saturated heterocycles. The largest absolute Gasteiger partial charge is 0.468 e. The van der Waals surface area contributed by atoms with Crippen LogP contribution in [0.4, 0.5) is 0 Å². The van der Waals surface area contributed by atoms with Crippen LogP contribution in [-0.2, 0) is 9.53 Å². The summed E-state index contributed by atoms with van der Waals surface area (Å²) < 4.78 is 5.60. The van der Waals surface area contributed by atoms with Gasteiger partial charge in [-0.15, -0.1) is 0 Å². The van der Waals surface area contributed by atoms with E-state index in [4.69, 9.17) is 4.74 Å². The zero-order valence-electron chi connectivity index (χ0n) is 11.3. The number of ketones is 1. The summed E-state index contributed by atoms with van der Waals surface area (Å²) in [5.74, 6) is -1.48. The van der Waals surface area contributed by atoms with Crippen LogP contribution >= 0.6 is 15.9 Å². The fraction of sp³-hybridized carbons (Fsp3) is 0.333. The number of methoxy groups -OCH3 is 1. The molecule has 0 fully saturated rings. The summed E-state index contributed by atoms with van der Waals surface area (Å²) in [5.41, 5.74) is 1.58. The first-order valence-corrected chi connectivity index (χ1v) is 6.76. The van der Waals surface area contributed by atoms with E-state index in [9.17, 15) is 9.59 Å². The van der Waals surface area contributed by atoms with E-state index in [1.165, 1.54) is 7.11 Å². The van der Waals surface area contributed by atoms with E-state index >= 15 is 0 Å². The van der Waals surface area contributed by atoms with Gasteiger partial charge in [-0.2, -0.15) is 0 Å². The molecule has 4 heteroatoms. The summed E-state index contributed by atoms with van der Waals surface area (Å²) in [7, 11) is 1.30. The lowest BCUT2D eigenvalue weighted by Crippen LogP contribution is -2.25. The molecule has 0 heterocycles. The van der Waals surface area contributed by atoms with Gasteiger partial charge in [0.15, 0.2) is 5.78 Å². The van der Waals surface area contributed by atoms with Crippen molar-refractivity contribution in [2.45, 2.75) is 20.3 Å². The summed E-state index contributed by atoms with van der Waals surface area (Å²) >= 11 is 3.31. The molecule has 3 nitrogen and oxygen atoms in total. The smallest absolute Gasteiger partial charge is 0.316 e. The van der Waals surface area contributed by atoms with Crippen LogP contribution in [0.15, 0.2) is 40.4 Å². The molecule has 0 aromatic heterocycles. The third-order valence-electron chi connectivity index (χ3n) is 2.69. The lowest BCUT2D eigenvalue weighted by Gasteiger charge is -2.12. The first-order chi connectivity index (χ1) is 8.95. The Morgan fingerprint density at radius 2 is 1.84 bits per heavy atom. The number of hydrogen-bond acceptors (Lipinski definition) is 3. The van der Waals surface area contributed by atoms with Crippen molar-refractivity contribution in [1.82, 2.24) is 0 Å². The van der Waals surface area contributed by atoms with Crippen molar-refractivity contribution in [3.8, 4) is 0 Å². The monoisotopic (exact) mass is 324 g/mol. The zero-order valence-corrected chi connectivity index (χ0v) is 12.9. The SMILES string of the molecule is COC(=O)C(CC=C(C)C)C(=O)c1ccc(Br)cc1. The number of halogens is 1. The van der Waals surface area contributed by atoms with E-state index in [-0.39, 0.29) is 5.78 Å². The van der Waals surface area contributed by atoms with E-state index in [0.717, 1.165) is 10.0 Å². The van der Waals surface area contributed by atoms with E-state index in [2.05, 4.69) is 15.9 Å². The van der Waals surface area contributed by atoms with Gasteiger partial charge in [0.2, 0.25) is 0 Å². The first-order valence-electron chi connectivity index (χ1n) is 5.96. The number of carbonyl (C=O) groups is 2. The summed E-state index contributed by atoms with van der Waals surface area (Å²) in [4.78, 5) is 24.0. The van der Waals surface area contributed by atoms with Gasteiger partial charge in [-0.25, -0.2) is 0 Å². The summed E-state index contributed by atoms with van der Waals surface area (Å²) in [6.45, 7) is 3.86. The van der Waals surface area contributed by atoms with E-state index in [1.807, 2.05) is 19.9 Å². The van der Waals surface area contributed by atoms with Crippen LogP contribution in [0.2, 0.25) is 0 Å². The van der Waals surface area contributed by atoms with Crippen LogP contribution < -0.4 is 0 Å². The van der Waals surface area contributed by atoms with Crippen LogP contribution in [-0.4, -0.2) is 18.9 Å². The molecule has 0 saturated carbocycles. The van der Waals surface area contributed by atoms with E-state index in [0.29, 0.717) is 12.0 Å². The Hall–Kier alpha value is -1.42. The Morgan fingerprint density at radius 3 is 2.32 bits per heavy atom. The molecule has 0 spiro atoms. The van der Waals surface area contributed by atoms with Gasteiger partial charge in [0.1, 0.15) is 5.92 Å². The van der Waals surface area contributed by atoms with E-state index in [1.54, 1.807) is 24.3 Å². The maximum atomic E-state index is 12.3. The van der Waals surface area contributed by atoms with Gasteiger partial charge in [-0.3, -0.25) is 9.59 Å². The highest BCUT2D eigenvalue weighted by Gasteiger charge is 2.27. The van der Waals surface area contributed by atoms with Gasteiger partial charge in [-0.1, -0.05) is 39.7 Å². The molecule has 1 aromatic carbocycles. The van der Waals surface area contributed by atoms with Crippen LogP contribution in [0, 0.1) is 5.92 Å². The highest BCUT2D eigenvalue weighted by atomic mass is 79.9. The standard InChI is InChI=1S/C15H17BrO3/c1-10(2)4-9-13(15(18)19-3)14(17)11-5-7-12(16)8-6-11/h4-8,13H,9H2,1-3H3. The van der Waals surface area contributed by atoms with Crippen molar-refractivity contribution in [3.63, 3.8) is 0 Å². The number of hydrogen-bond donors (Lipinski definition) is 0. The Balaban J connectivity index is 2.97. The predicted molar refractivity (Wildman–Crippen MR) is 78.0 cm³/mol. The maximum absolute atomic E-state index is 12.3. The molecule has 19 heavy (non-hydrogen) atoms. The van der Waals surface area contributed by atoms with Crippen molar-refractivity contribution >= 4 is 27.7 Å². The minimum atomic E-state index is -0.777. The van der Waals surface area contributed by atoms with Gasteiger partial charge in [0.25, 0.3) is 0 Å². The maximum Gasteiger partial charge on any atom is 0.316 e. The van der Waals surface area contributed by atoms with Crippen molar-refractivity contribution in [2.75, 3.05) is 7.11 Å². The van der Waals surface area contributed by atoms with Crippen LogP contribution in [0.25, 0.3) is 0 Å². The quantitative estimate of drug-likeness (QED) is 0.358. The molecule has 1 atom stereocenters. The Bertz CT molecular complexity index is 485. The first kappa shape index (κ1) is 15.6. The molecule has 1 rings (SSSR count). The molecule has 0 radical (unpaired) electrons. The Morgan fingerprint density at radius 1 is 1.26 bits per heavy atom. The van der Waals surface area contributed by atoms with Crippen molar-refractivity contribution in [1.29, 1.82) is 0 Å². The molecule has 0 aliphatic rings. The third-order valence-corrected chi connectivity index (χ3v) is 3.22. The third kappa shape index (κ3) is 4.63. The number of allylic oxidation sites excluding steroid dienone is 2. The van der Waals surface area contributed by atoms with E-state index < -0.39 is 11.9 Å². The number of Topliss-reactive ketones (excluding diaryl/α,β-unsaturated/α-hetero) is 1. The normalized spacial score (nSPS) is 11.6.